The molecule has 0 aliphatic carbocycles. The molecule has 3 aromatic rings. The second-order valence-corrected chi connectivity index (χ2v) is 6.56. The second-order valence-electron chi connectivity index (χ2n) is 6.56. The molecule has 0 amide bonds. The quantitative estimate of drug-likeness (QED) is 0.603. The van der Waals surface area contributed by atoms with Crippen molar-refractivity contribution >= 4 is 16.9 Å². The minimum atomic E-state index is -0.373. The van der Waals surface area contributed by atoms with Crippen molar-refractivity contribution in [3.05, 3.63) is 76.7 Å². The molecule has 0 bridgehead atoms. The monoisotopic (exact) mass is 366 g/mol. The van der Waals surface area contributed by atoms with Crippen molar-refractivity contribution in [1.82, 2.24) is 9.88 Å². The van der Waals surface area contributed by atoms with E-state index in [1.54, 1.807) is 19.1 Å². The third-order valence-corrected chi connectivity index (χ3v) is 4.52. The number of rotatable bonds is 6. The van der Waals surface area contributed by atoms with Gasteiger partial charge in [-0.25, -0.2) is 9.18 Å². The van der Waals surface area contributed by atoms with E-state index in [1.165, 1.54) is 6.07 Å². The van der Waals surface area contributed by atoms with Gasteiger partial charge >= 0.3 is 5.97 Å². The van der Waals surface area contributed by atoms with Gasteiger partial charge in [-0.15, -0.1) is 0 Å². The van der Waals surface area contributed by atoms with Gasteiger partial charge in [-0.05, 0) is 38.6 Å². The number of hydrogen-bond donors (Lipinski definition) is 0. The first-order valence-corrected chi connectivity index (χ1v) is 8.98. The van der Waals surface area contributed by atoms with Gasteiger partial charge in [-0.3, -0.25) is 9.88 Å². The number of carbonyl (C=O) groups excluding carboxylic acids is 1. The van der Waals surface area contributed by atoms with E-state index < -0.39 is 0 Å². The van der Waals surface area contributed by atoms with Crippen molar-refractivity contribution in [2.24, 2.45) is 0 Å². The SMILES string of the molecule is CCOC(=O)c1c(CN(C)Cc2ccccc2F)nc2ccccc2c1C. The summed E-state index contributed by atoms with van der Waals surface area (Å²) >= 11 is 0. The van der Waals surface area contributed by atoms with E-state index in [-0.39, 0.29) is 11.8 Å². The van der Waals surface area contributed by atoms with Crippen LogP contribution >= 0.6 is 0 Å². The summed E-state index contributed by atoms with van der Waals surface area (Å²) in [5.74, 6) is -0.611. The smallest absolute Gasteiger partial charge is 0.340 e. The van der Waals surface area contributed by atoms with Crippen molar-refractivity contribution in [1.29, 1.82) is 0 Å². The summed E-state index contributed by atoms with van der Waals surface area (Å²) < 4.78 is 19.2. The van der Waals surface area contributed by atoms with Crippen LogP contribution in [0.4, 0.5) is 4.39 Å². The average Bonchev–Trinajstić information content (AvgIpc) is 2.64. The van der Waals surface area contributed by atoms with Crippen LogP contribution in [-0.4, -0.2) is 29.5 Å². The third-order valence-electron chi connectivity index (χ3n) is 4.52. The number of halogens is 1. The molecular weight excluding hydrogens is 343 g/mol. The van der Waals surface area contributed by atoms with Gasteiger partial charge in [-0.1, -0.05) is 36.4 Å². The van der Waals surface area contributed by atoms with E-state index in [4.69, 9.17) is 9.72 Å². The van der Waals surface area contributed by atoms with E-state index in [1.807, 2.05) is 49.2 Å². The Morgan fingerprint density at radius 2 is 1.81 bits per heavy atom. The maximum atomic E-state index is 14.0. The summed E-state index contributed by atoms with van der Waals surface area (Å²) in [5, 5.41) is 0.932. The Balaban J connectivity index is 1.97. The molecule has 4 nitrogen and oxygen atoms in total. The number of esters is 1. The number of para-hydroxylation sites is 1. The molecule has 1 aromatic heterocycles. The summed E-state index contributed by atoms with van der Waals surface area (Å²) in [6.45, 7) is 4.83. The second kappa shape index (κ2) is 8.27. The zero-order valence-corrected chi connectivity index (χ0v) is 15.8. The van der Waals surface area contributed by atoms with Gasteiger partial charge in [0.2, 0.25) is 0 Å². The molecule has 3 rings (SSSR count). The highest BCUT2D eigenvalue weighted by Crippen LogP contribution is 2.25. The molecule has 0 fully saturated rings. The first kappa shape index (κ1) is 19.0. The van der Waals surface area contributed by atoms with Crippen molar-refractivity contribution < 1.29 is 13.9 Å². The summed E-state index contributed by atoms with van der Waals surface area (Å²) in [7, 11) is 1.88. The number of benzene rings is 2. The van der Waals surface area contributed by atoms with E-state index in [0.29, 0.717) is 36.5 Å². The average molecular weight is 366 g/mol. The van der Waals surface area contributed by atoms with Crippen molar-refractivity contribution in [2.75, 3.05) is 13.7 Å². The molecule has 2 aromatic carbocycles. The minimum absolute atomic E-state index is 0.238. The van der Waals surface area contributed by atoms with Crippen LogP contribution in [0.15, 0.2) is 48.5 Å². The summed E-state index contributed by atoms with van der Waals surface area (Å²) in [6.07, 6.45) is 0. The molecular formula is C22H23FN2O2. The number of hydrogen-bond acceptors (Lipinski definition) is 4. The van der Waals surface area contributed by atoms with Crippen LogP contribution in [-0.2, 0) is 17.8 Å². The Hall–Kier alpha value is -2.79. The van der Waals surface area contributed by atoms with Gasteiger partial charge in [0.25, 0.3) is 0 Å². The number of ether oxygens (including phenoxy) is 1. The standard InChI is InChI=1S/C22H23FN2O2/c1-4-27-22(26)21-15(2)17-10-6-8-12-19(17)24-20(21)14-25(3)13-16-9-5-7-11-18(16)23/h5-12H,4,13-14H2,1-3H3. The van der Waals surface area contributed by atoms with Gasteiger partial charge < -0.3 is 4.74 Å². The number of carbonyl (C=O) groups is 1. The predicted molar refractivity (Wildman–Crippen MR) is 104 cm³/mol. The van der Waals surface area contributed by atoms with Crippen LogP contribution in [0, 0.1) is 12.7 Å². The Bertz CT molecular complexity index is 972. The van der Waals surface area contributed by atoms with E-state index in [0.717, 1.165) is 16.5 Å². The third kappa shape index (κ3) is 4.14. The lowest BCUT2D eigenvalue weighted by atomic mass is 10.0. The largest absolute Gasteiger partial charge is 0.462 e. The highest BCUT2D eigenvalue weighted by atomic mass is 19.1. The highest BCUT2D eigenvalue weighted by molar-refractivity contribution is 5.98. The number of aryl methyl sites for hydroxylation is 1. The molecule has 0 saturated carbocycles. The minimum Gasteiger partial charge on any atom is -0.462 e. The van der Waals surface area contributed by atoms with Gasteiger partial charge in [0.05, 0.1) is 23.4 Å². The molecule has 0 aliphatic heterocycles. The Morgan fingerprint density at radius 3 is 2.56 bits per heavy atom. The lowest BCUT2D eigenvalue weighted by molar-refractivity contribution is 0.0522. The fraction of sp³-hybridized carbons (Fsp3) is 0.273. The van der Waals surface area contributed by atoms with Crippen LogP contribution < -0.4 is 0 Å². The van der Waals surface area contributed by atoms with Crippen LogP contribution in [0.1, 0.15) is 34.1 Å². The molecule has 0 atom stereocenters. The fourth-order valence-corrected chi connectivity index (χ4v) is 3.26. The van der Waals surface area contributed by atoms with Crippen LogP contribution in [0.25, 0.3) is 10.9 Å². The maximum Gasteiger partial charge on any atom is 0.340 e. The molecule has 0 saturated heterocycles. The zero-order valence-electron chi connectivity index (χ0n) is 15.8. The zero-order chi connectivity index (χ0) is 19.4. The van der Waals surface area contributed by atoms with E-state index in [9.17, 15) is 9.18 Å². The predicted octanol–water partition coefficient (Wildman–Crippen LogP) is 4.49. The molecule has 0 unspecified atom stereocenters. The summed E-state index contributed by atoms with van der Waals surface area (Å²) in [6, 6.07) is 14.4. The van der Waals surface area contributed by atoms with E-state index in [2.05, 4.69) is 0 Å². The van der Waals surface area contributed by atoms with Crippen molar-refractivity contribution in [2.45, 2.75) is 26.9 Å². The highest BCUT2D eigenvalue weighted by Gasteiger charge is 2.21. The number of fused-ring (bicyclic) bond motifs is 1. The first-order chi connectivity index (χ1) is 13.0. The Labute approximate surface area is 158 Å². The molecule has 0 spiro atoms. The van der Waals surface area contributed by atoms with Gasteiger partial charge in [0.15, 0.2) is 0 Å². The normalized spacial score (nSPS) is 11.1. The van der Waals surface area contributed by atoms with Gasteiger partial charge in [0, 0.05) is 24.0 Å². The number of pyridine rings is 1. The molecule has 140 valence electrons. The summed E-state index contributed by atoms with van der Waals surface area (Å²) in [4.78, 5) is 19.2. The van der Waals surface area contributed by atoms with Crippen LogP contribution in [0.5, 0.6) is 0 Å². The number of nitrogens with zero attached hydrogens (tertiary/aromatic N) is 2. The number of aromatic nitrogens is 1. The Kier molecular flexibility index (Phi) is 5.81. The van der Waals surface area contributed by atoms with Gasteiger partial charge in [0.1, 0.15) is 5.82 Å². The molecule has 0 radical (unpaired) electrons. The van der Waals surface area contributed by atoms with Gasteiger partial charge in [-0.2, -0.15) is 0 Å². The summed E-state index contributed by atoms with van der Waals surface area (Å²) in [5.41, 5.74) is 3.43. The topological polar surface area (TPSA) is 42.4 Å². The van der Waals surface area contributed by atoms with E-state index >= 15 is 0 Å². The van der Waals surface area contributed by atoms with Crippen molar-refractivity contribution in [3.8, 4) is 0 Å². The van der Waals surface area contributed by atoms with Crippen LogP contribution in [0.3, 0.4) is 0 Å². The molecule has 0 aliphatic rings. The van der Waals surface area contributed by atoms with Crippen molar-refractivity contribution in [3.63, 3.8) is 0 Å². The Morgan fingerprint density at radius 1 is 1.11 bits per heavy atom. The maximum absolute atomic E-state index is 14.0. The fourth-order valence-electron chi connectivity index (χ4n) is 3.26. The lowest BCUT2D eigenvalue weighted by Gasteiger charge is -2.20. The lowest BCUT2D eigenvalue weighted by Crippen LogP contribution is -2.22. The molecule has 27 heavy (non-hydrogen) atoms. The molecule has 5 heteroatoms. The van der Waals surface area contributed by atoms with Crippen LogP contribution in [0.2, 0.25) is 0 Å². The molecule has 1 heterocycles. The first-order valence-electron chi connectivity index (χ1n) is 8.98. The molecule has 0 N–H and O–H groups in total.